The van der Waals surface area contributed by atoms with Crippen molar-refractivity contribution in [1.82, 2.24) is 0 Å². The molecule has 0 aliphatic carbocycles. The zero-order valence-corrected chi connectivity index (χ0v) is 14.7. The number of benzene rings is 2. The van der Waals surface area contributed by atoms with Crippen LogP contribution in [0, 0.1) is 6.92 Å². The number of ether oxygens (including phenoxy) is 3. The van der Waals surface area contributed by atoms with Gasteiger partial charge in [0, 0.05) is 17.2 Å². The summed E-state index contributed by atoms with van der Waals surface area (Å²) >= 11 is 0. The Bertz CT molecular complexity index is 1050. The lowest BCUT2D eigenvalue weighted by atomic mass is 10.1. The third-order valence-electron chi connectivity index (χ3n) is 4.16. The minimum Gasteiger partial charge on any atom is -0.504 e. The third kappa shape index (κ3) is 2.57. The number of phenolic OH excluding ortho intramolecular Hbond substituents is 2. The summed E-state index contributed by atoms with van der Waals surface area (Å²) < 4.78 is 21.4. The number of methoxy groups -OCH3 is 3. The van der Waals surface area contributed by atoms with Crippen LogP contribution in [0.1, 0.15) is 5.56 Å². The highest BCUT2D eigenvalue weighted by Crippen LogP contribution is 2.45. The molecule has 7 heteroatoms. The zero-order chi connectivity index (χ0) is 19.0. The molecule has 0 aliphatic rings. The van der Waals surface area contributed by atoms with Gasteiger partial charge in [0.25, 0.3) is 0 Å². The Morgan fingerprint density at radius 1 is 0.962 bits per heavy atom. The monoisotopic (exact) mass is 358 g/mol. The fraction of sp³-hybridized carbons (Fsp3) is 0.211. The number of aryl methyl sites for hydroxylation is 1. The number of hydrogen-bond donors (Lipinski definition) is 2. The third-order valence-corrected chi connectivity index (χ3v) is 4.16. The van der Waals surface area contributed by atoms with Crippen LogP contribution < -0.4 is 19.6 Å². The first-order valence-corrected chi connectivity index (χ1v) is 7.71. The lowest BCUT2D eigenvalue weighted by Gasteiger charge is -2.15. The highest BCUT2D eigenvalue weighted by Gasteiger charge is 2.23. The van der Waals surface area contributed by atoms with E-state index in [2.05, 4.69) is 0 Å². The van der Waals surface area contributed by atoms with Gasteiger partial charge >= 0.3 is 0 Å². The van der Waals surface area contributed by atoms with Crippen LogP contribution in [0.25, 0.3) is 22.3 Å². The summed E-state index contributed by atoms with van der Waals surface area (Å²) in [6.07, 6.45) is 0. The molecule has 0 bridgehead atoms. The number of phenols is 2. The maximum atomic E-state index is 12.6. The molecule has 1 aromatic heterocycles. The van der Waals surface area contributed by atoms with Crippen LogP contribution >= 0.6 is 0 Å². The molecule has 0 spiro atoms. The van der Waals surface area contributed by atoms with Crippen LogP contribution in [0.15, 0.2) is 33.5 Å². The first-order valence-electron chi connectivity index (χ1n) is 7.71. The lowest BCUT2D eigenvalue weighted by molar-refractivity contribution is 0.333. The summed E-state index contributed by atoms with van der Waals surface area (Å²) in [7, 11) is 4.24. The van der Waals surface area contributed by atoms with Crippen molar-refractivity contribution in [3.05, 3.63) is 40.1 Å². The van der Waals surface area contributed by atoms with E-state index < -0.39 is 5.43 Å². The van der Waals surface area contributed by atoms with E-state index >= 15 is 0 Å². The minimum atomic E-state index is -0.435. The van der Waals surface area contributed by atoms with E-state index in [1.807, 2.05) is 0 Å². The molecule has 1 heterocycles. The molecule has 3 aromatic rings. The predicted octanol–water partition coefficient (Wildman–Crippen LogP) is 3.21. The molecular formula is C19H18O7. The van der Waals surface area contributed by atoms with E-state index in [1.54, 1.807) is 19.1 Å². The normalized spacial score (nSPS) is 10.8. The van der Waals surface area contributed by atoms with E-state index in [4.69, 9.17) is 18.6 Å². The smallest absolute Gasteiger partial charge is 0.204 e. The Morgan fingerprint density at radius 3 is 2.27 bits per heavy atom. The Morgan fingerprint density at radius 2 is 1.65 bits per heavy atom. The molecule has 0 amide bonds. The van der Waals surface area contributed by atoms with E-state index in [-0.39, 0.29) is 45.5 Å². The summed E-state index contributed by atoms with van der Waals surface area (Å²) in [5.74, 6) is 0.491. The Labute approximate surface area is 149 Å². The molecule has 0 saturated carbocycles. The average molecular weight is 358 g/mol. The van der Waals surface area contributed by atoms with E-state index in [9.17, 15) is 15.0 Å². The van der Waals surface area contributed by atoms with Gasteiger partial charge in [0.15, 0.2) is 28.4 Å². The molecule has 2 N–H and O–H groups in total. The van der Waals surface area contributed by atoms with Crippen LogP contribution in [0.5, 0.6) is 28.7 Å². The Hall–Kier alpha value is -3.35. The summed E-state index contributed by atoms with van der Waals surface area (Å²) in [4.78, 5) is 12.6. The maximum absolute atomic E-state index is 12.6. The van der Waals surface area contributed by atoms with Gasteiger partial charge < -0.3 is 28.8 Å². The van der Waals surface area contributed by atoms with Gasteiger partial charge in [-0.05, 0) is 25.1 Å². The van der Waals surface area contributed by atoms with Crippen molar-refractivity contribution in [1.29, 1.82) is 0 Å². The van der Waals surface area contributed by atoms with Gasteiger partial charge in [-0.1, -0.05) is 0 Å². The molecule has 136 valence electrons. The van der Waals surface area contributed by atoms with Crippen molar-refractivity contribution in [2.24, 2.45) is 0 Å². The van der Waals surface area contributed by atoms with Crippen molar-refractivity contribution in [3.8, 4) is 40.1 Å². The first-order chi connectivity index (χ1) is 12.4. The van der Waals surface area contributed by atoms with Gasteiger partial charge in [-0.3, -0.25) is 4.79 Å². The summed E-state index contributed by atoms with van der Waals surface area (Å²) in [5, 5.41) is 20.2. The molecule has 0 saturated heterocycles. The summed E-state index contributed by atoms with van der Waals surface area (Å²) in [6.45, 7) is 1.70. The Balaban J connectivity index is 2.35. The second kappa shape index (κ2) is 6.51. The van der Waals surface area contributed by atoms with Crippen LogP contribution in [0.4, 0.5) is 0 Å². The molecule has 0 atom stereocenters. The number of fused-ring (bicyclic) bond motifs is 1. The van der Waals surface area contributed by atoms with E-state index in [0.29, 0.717) is 11.1 Å². The van der Waals surface area contributed by atoms with Gasteiger partial charge in [0.2, 0.25) is 5.75 Å². The molecule has 0 radical (unpaired) electrons. The van der Waals surface area contributed by atoms with Gasteiger partial charge in [0.05, 0.1) is 21.3 Å². The van der Waals surface area contributed by atoms with Crippen molar-refractivity contribution >= 4 is 11.0 Å². The molecule has 2 aromatic carbocycles. The fourth-order valence-corrected chi connectivity index (χ4v) is 2.88. The van der Waals surface area contributed by atoms with Crippen LogP contribution in [0.2, 0.25) is 0 Å². The molecular weight excluding hydrogens is 340 g/mol. The van der Waals surface area contributed by atoms with Crippen molar-refractivity contribution in [2.75, 3.05) is 21.3 Å². The molecule has 0 aliphatic heterocycles. The van der Waals surface area contributed by atoms with Crippen molar-refractivity contribution in [2.45, 2.75) is 6.92 Å². The van der Waals surface area contributed by atoms with Gasteiger partial charge in [-0.2, -0.15) is 0 Å². The number of aromatic hydroxyl groups is 2. The van der Waals surface area contributed by atoms with E-state index in [1.165, 1.54) is 33.5 Å². The highest BCUT2D eigenvalue weighted by atomic mass is 16.5. The van der Waals surface area contributed by atoms with Gasteiger partial charge in [-0.15, -0.1) is 0 Å². The van der Waals surface area contributed by atoms with E-state index in [0.717, 1.165) is 0 Å². The summed E-state index contributed by atoms with van der Waals surface area (Å²) in [5.41, 5.74) is 0.804. The molecule has 0 unspecified atom stereocenters. The minimum absolute atomic E-state index is 0.00893. The topological polar surface area (TPSA) is 98.4 Å². The number of rotatable bonds is 4. The van der Waals surface area contributed by atoms with Gasteiger partial charge in [-0.25, -0.2) is 0 Å². The summed E-state index contributed by atoms with van der Waals surface area (Å²) in [6, 6.07) is 5.85. The van der Waals surface area contributed by atoms with Crippen molar-refractivity contribution in [3.63, 3.8) is 0 Å². The Kier molecular flexibility index (Phi) is 4.38. The quantitative estimate of drug-likeness (QED) is 0.739. The van der Waals surface area contributed by atoms with Crippen LogP contribution in [0.3, 0.4) is 0 Å². The lowest BCUT2D eigenvalue weighted by Crippen LogP contribution is -2.04. The molecule has 7 nitrogen and oxygen atoms in total. The maximum Gasteiger partial charge on any atom is 0.204 e. The second-order valence-corrected chi connectivity index (χ2v) is 5.61. The molecule has 0 fully saturated rings. The number of hydrogen-bond acceptors (Lipinski definition) is 7. The predicted molar refractivity (Wildman–Crippen MR) is 95.6 cm³/mol. The average Bonchev–Trinajstić information content (AvgIpc) is 2.64. The highest BCUT2D eigenvalue weighted by molar-refractivity contribution is 5.92. The SMILES string of the molecule is COc1cc(-c2cc(=O)c3c(O)c(OC)c(OC)c(C)c3o2)ccc1O. The zero-order valence-electron chi connectivity index (χ0n) is 14.7. The van der Waals surface area contributed by atoms with Gasteiger partial charge in [0.1, 0.15) is 16.7 Å². The molecule has 3 rings (SSSR count). The standard InChI is InChI=1S/C19H18O7/c1-9-17-15(16(22)19(25-4)18(9)24-3)12(21)8-13(26-17)10-5-6-11(20)14(7-10)23-2/h5-8,20,22H,1-4H3. The first kappa shape index (κ1) is 17.5. The molecule has 26 heavy (non-hydrogen) atoms. The van der Waals surface area contributed by atoms with Crippen LogP contribution in [-0.2, 0) is 0 Å². The second-order valence-electron chi connectivity index (χ2n) is 5.61. The van der Waals surface area contributed by atoms with Crippen LogP contribution in [-0.4, -0.2) is 31.5 Å². The fourth-order valence-electron chi connectivity index (χ4n) is 2.88. The largest absolute Gasteiger partial charge is 0.504 e. The van der Waals surface area contributed by atoms with Crippen molar-refractivity contribution < 1.29 is 28.8 Å².